The number of aromatic nitrogens is 2. The molecule has 1 rings (SSSR count). The monoisotopic (exact) mass is 212 g/mol. The molecule has 0 radical (unpaired) electrons. The Morgan fingerprint density at radius 2 is 2.08 bits per heavy atom. The number of nitrogens with zero attached hydrogens (tertiary/aromatic N) is 1. The van der Waals surface area contributed by atoms with Gasteiger partial charge in [-0.3, -0.25) is 14.0 Å². The smallest absolute Gasteiger partial charge is 0.768 e. The van der Waals surface area contributed by atoms with Crippen LogP contribution in [0.1, 0.15) is 0 Å². The second kappa shape index (κ2) is 4.87. The molecule has 1 unspecified atom stereocenters. The first-order valence-electron chi connectivity index (χ1n) is 2.91. The van der Waals surface area contributed by atoms with Crippen molar-refractivity contribution in [2.24, 2.45) is 7.05 Å². The minimum atomic E-state index is -2.61. The van der Waals surface area contributed by atoms with E-state index in [4.69, 9.17) is 0 Å². The first kappa shape index (κ1) is 12.8. The van der Waals surface area contributed by atoms with Crippen molar-refractivity contribution in [3.05, 3.63) is 27.0 Å². The van der Waals surface area contributed by atoms with E-state index in [9.17, 15) is 18.4 Å². The summed E-state index contributed by atoms with van der Waals surface area (Å²) in [6, 6.07) is 0. The summed E-state index contributed by atoms with van der Waals surface area (Å²) in [5.74, 6) is 0. The maximum absolute atomic E-state index is 10.8. The van der Waals surface area contributed by atoms with Gasteiger partial charge in [-0.2, -0.15) is 0 Å². The minimum Gasteiger partial charge on any atom is -0.768 e. The Morgan fingerprint density at radius 3 is 2.54 bits per heavy atom. The predicted molar refractivity (Wildman–Crippen MR) is 39.5 cm³/mol. The van der Waals surface area contributed by atoms with E-state index in [2.05, 4.69) is 0 Å². The molecule has 0 aliphatic heterocycles. The number of hydrogen-bond donors (Lipinski definition) is 1. The van der Waals surface area contributed by atoms with Crippen LogP contribution in [0.3, 0.4) is 0 Å². The topological polar surface area (TPSA) is 95.0 Å². The van der Waals surface area contributed by atoms with Crippen LogP contribution in [-0.2, 0) is 18.1 Å². The molecular weight excluding hydrogens is 207 g/mol. The van der Waals surface area contributed by atoms with Crippen molar-refractivity contribution >= 4 is 11.1 Å². The number of aryl methyl sites for hydroxylation is 1. The fraction of sp³-hybridized carbons (Fsp3) is 0.200. The van der Waals surface area contributed by atoms with Crippen LogP contribution in [0, 0.1) is 0 Å². The van der Waals surface area contributed by atoms with E-state index >= 15 is 0 Å². The van der Waals surface area contributed by atoms with Crippen LogP contribution >= 0.6 is 0 Å². The van der Waals surface area contributed by atoms with Gasteiger partial charge in [-0.25, -0.2) is 4.79 Å². The van der Waals surface area contributed by atoms with Crippen molar-refractivity contribution in [1.29, 1.82) is 0 Å². The molecule has 1 atom stereocenters. The first-order valence-corrected chi connectivity index (χ1v) is 3.99. The molecule has 0 aliphatic rings. The summed E-state index contributed by atoms with van der Waals surface area (Å²) < 4.78 is 21.7. The van der Waals surface area contributed by atoms with Gasteiger partial charge in [0.1, 0.15) is 4.90 Å². The van der Waals surface area contributed by atoms with Gasteiger partial charge in [0.05, 0.1) is 0 Å². The molecule has 0 fully saturated rings. The fourth-order valence-corrected chi connectivity index (χ4v) is 1.11. The molecule has 0 saturated carbocycles. The Morgan fingerprint density at radius 1 is 1.54 bits per heavy atom. The third kappa shape index (κ3) is 2.89. The second-order valence-corrected chi connectivity index (χ2v) is 3.01. The number of hydrogen-bond acceptors (Lipinski definition) is 4. The van der Waals surface area contributed by atoms with Crippen LogP contribution in [0.15, 0.2) is 20.7 Å². The third-order valence-corrected chi connectivity index (χ3v) is 1.90. The molecule has 0 bridgehead atoms. The SMILES string of the molecule is Cn1cc(S(=O)[O-])c(=O)[nH]c1=O.[Na+]. The van der Waals surface area contributed by atoms with Crippen LogP contribution in [-0.4, -0.2) is 18.3 Å². The van der Waals surface area contributed by atoms with E-state index in [1.807, 2.05) is 4.98 Å². The van der Waals surface area contributed by atoms with Crippen LogP contribution in [0.5, 0.6) is 0 Å². The zero-order chi connectivity index (χ0) is 9.30. The van der Waals surface area contributed by atoms with Crippen LogP contribution in [0.25, 0.3) is 0 Å². The fourth-order valence-electron chi connectivity index (χ4n) is 0.659. The molecule has 66 valence electrons. The molecule has 0 spiro atoms. The summed E-state index contributed by atoms with van der Waals surface area (Å²) in [5.41, 5.74) is -1.54. The minimum absolute atomic E-state index is 0. The predicted octanol–water partition coefficient (Wildman–Crippen LogP) is -4.68. The molecule has 1 aromatic rings. The third-order valence-electron chi connectivity index (χ3n) is 1.26. The van der Waals surface area contributed by atoms with Crippen molar-refractivity contribution in [1.82, 2.24) is 9.55 Å². The van der Waals surface area contributed by atoms with Crippen molar-refractivity contribution in [2.75, 3.05) is 0 Å². The van der Waals surface area contributed by atoms with Crippen LogP contribution in [0.2, 0.25) is 0 Å². The largest absolute Gasteiger partial charge is 1.00 e. The van der Waals surface area contributed by atoms with Gasteiger partial charge in [-0.05, 0) is 11.1 Å². The summed E-state index contributed by atoms with van der Waals surface area (Å²) in [4.78, 5) is 22.9. The Kier molecular flexibility index (Phi) is 4.79. The van der Waals surface area contributed by atoms with Gasteiger partial charge in [0.2, 0.25) is 0 Å². The molecule has 1 heterocycles. The average molecular weight is 212 g/mol. The van der Waals surface area contributed by atoms with Gasteiger partial charge in [0, 0.05) is 13.2 Å². The Labute approximate surface area is 97.6 Å². The molecule has 0 amide bonds. The quantitative estimate of drug-likeness (QED) is 0.374. The maximum Gasteiger partial charge on any atom is 1.00 e. The summed E-state index contributed by atoms with van der Waals surface area (Å²) in [6.07, 6.45) is 0.963. The van der Waals surface area contributed by atoms with Gasteiger partial charge >= 0.3 is 35.2 Å². The zero-order valence-corrected chi connectivity index (χ0v) is 9.88. The van der Waals surface area contributed by atoms with E-state index in [0.29, 0.717) is 0 Å². The molecule has 1 N–H and O–H groups in total. The number of nitrogens with one attached hydrogen (secondary N) is 1. The molecule has 8 heteroatoms. The van der Waals surface area contributed by atoms with Gasteiger partial charge in [0.25, 0.3) is 5.56 Å². The van der Waals surface area contributed by atoms with Crippen LogP contribution < -0.4 is 40.8 Å². The Bertz CT molecular complexity index is 437. The Hall–Kier alpha value is -0.210. The number of aromatic amines is 1. The number of H-pyrrole nitrogens is 1. The molecule has 0 saturated heterocycles. The van der Waals surface area contributed by atoms with E-state index in [1.165, 1.54) is 7.05 Å². The average Bonchev–Trinajstić information content (AvgIpc) is 1.96. The number of rotatable bonds is 1. The van der Waals surface area contributed by atoms with Crippen molar-refractivity contribution in [3.8, 4) is 0 Å². The second-order valence-electron chi connectivity index (χ2n) is 2.10. The maximum atomic E-state index is 10.8. The van der Waals surface area contributed by atoms with Gasteiger partial charge < -0.3 is 9.12 Å². The zero-order valence-electron chi connectivity index (χ0n) is 7.07. The van der Waals surface area contributed by atoms with Gasteiger partial charge in [-0.1, -0.05) is 0 Å². The van der Waals surface area contributed by atoms with Crippen LogP contribution in [0.4, 0.5) is 0 Å². The summed E-state index contributed by atoms with van der Waals surface area (Å²) in [5, 5.41) is 0. The van der Waals surface area contributed by atoms with Gasteiger partial charge in [0.15, 0.2) is 0 Å². The summed E-state index contributed by atoms with van der Waals surface area (Å²) in [6.45, 7) is 0. The summed E-state index contributed by atoms with van der Waals surface area (Å²) >= 11 is -2.61. The van der Waals surface area contributed by atoms with E-state index in [1.54, 1.807) is 0 Å². The standard InChI is InChI=1S/C5H6N2O4S.Na/c1-7-2-3(12(10)11)4(8)6-5(7)9;/h2H,1H3,(H,10,11)(H,6,8,9);/q;+1/p-1. The van der Waals surface area contributed by atoms with Gasteiger partial charge in [-0.15, -0.1) is 0 Å². The van der Waals surface area contributed by atoms with E-state index in [0.717, 1.165) is 10.8 Å². The van der Waals surface area contributed by atoms with E-state index < -0.39 is 27.2 Å². The Balaban J connectivity index is 0.00000144. The normalized spacial score (nSPS) is 11.8. The molecule has 1 aromatic heterocycles. The molecule has 13 heavy (non-hydrogen) atoms. The molecule has 0 aliphatic carbocycles. The molecule has 0 aromatic carbocycles. The first-order chi connectivity index (χ1) is 5.52. The molecular formula is C5H5N2NaO4S. The molecule has 6 nitrogen and oxygen atoms in total. The van der Waals surface area contributed by atoms with Crippen molar-refractivity contribution in [2.45, 2.75) is 4.90 Å². The van der Waals surface area contributed by atoms with Crippen molar-refractivity contribution in [3.63, 3.8) is 0 Å². The van der Waals surface area contributed by atoms with Crippen molar-refractivity contribution < 1.29 is 38.3 Å². The summed E-state index contributed by atoms with van der Waals surface area (Å²) in [7, 11) is 1.34. The van der Waals surface area contributed by atoms with E-state index in [-0.39, 0.29) is 29.6 Å².